The number of carbonyl (C=O) groups excluding carboxylic acids is 2. The van der Waals surface area contributed by atoms with Crippen molar-refractivity contribution in [1.82, 2.24) is 0 Å². The SMILES string of the molecule is COc1cc(C(=O)OCC(=O)c2ccccc2Cl)cc2c1OCCO2. The van der Waals surface area contributed by atoms with E-state index < -0.39 is 12.6 Å². The van der Waals surface area contributed by atoms with Crippen LogP contribution in [0.3, 0.4) is 0 Å². The Balaban J connectivity index is 1.73. The van der Waals surface area contributed by atoms with Gasteiger partial charge in [0.05, 0.1) is 17.7 Å². The number of hydrogen-bond donors (Lipinski definition) is 0. The minimum Gasteiger partial charge on any atom is -0.493 e. The lowest BCUT2D eigenvalue weighted by Gasteiger charge is -2.21. The van der Waals surface area contributed by atoms with Crippen LogP contribution in [0.25, 0.3) is 0 Å². The minimum atomic E-state index is -0.671. The zero-order chi connectivity index (χ0) is 17.8. The summed E-state index contributed by atoms with van der Waals surface area (Å²) < 4.78 is 21.3. The Morgan fingerprint density at radius 3 is 2.68 bits per heavy atom. The number of rotatable bonds is 5. The van der Waals surface area contributed by atoms with Crippen molar-refractivity contribution in [2.75, 3.05) is 26.9 Å². The number of carbonyl (C=O) groups is 2. The van der Waals surface area contributed by atoms with Gasteiger partial charge in [-0.15, -0.1) is 0 Å². The van der Waals surface area contributed by atoms with E-state index in [9.17, 15) is 9.59 Å². The van der Waals surface area contributed by atoms with E-state index in [2.05, 4.69) is 0 Å². The van der Waals surface area contributed by atoms with Crippen molar-refractivity contribution in [2.24, 2.45) is 0 Å². The van der Waals surface area contributed by atoms with Crippen LogP contribution in [0, 0.1) is 0 Å². The summed E-state index contributed by atoms with van der Waals surface area (Å²) in [4.78, 5) is 24.4. The van der Waals surface area contributed by atoms with E-state index in [1.165, 1.54) is 19.2 Å². The molecule has 7 heteroatoms. The zero-order valence-corrected chi connectivity index (χ0v) is 14.2. The molecular weight excluding hydrogens is 348 g/mol. The van der Waals surface area contributed by atoms with Crippen LogP contribution in [0.5, 0.6) is 17.2 Å². The van der Waals surface area contributed by atoms with E-state index >= 15 is 0 Å². The predicted octanol–water partition coefficient (Wildman–Crippen LogP) is 3.16. The first kappa shape index (κ1) is 17.1. The fourth-order valence-corrected chi connectivity index (χ4v) is 2.61. The molecule has 0 bridgehead atoms. The van der Waals surface area contributed by atoms with Crippen LogP contribution in [0.2, 0.25) is 5.02 Å². The molecule has 2 aromatic carbocycles. The van der Waals surface area contributed by atoms with Crippen LogP contribution in [0.4, 0.5) is 0 Å². The summed E-state index contributed by atoms with van der Waals surface area (Å²) in [5, 5.41) is 0.310. The van der Waals surface area contributed by atoms with Crippen LogP contribution in [0.1, 0.15) is 20.7 Å². The van der Waals surface area contributed by atoms with Crippen LogP contribution in [-0.4, -0.2) is 38.7 Å². The monoisotopic (exact) mass is 362 g/mol. The summed E-state index contributed by atoms with van der Waals surface area (Å²) in [6, 6.07) is 9.56. The van der Waals surface area contributed by atoms with Gasteiger partial charge in [0, 0.05) is 5.56 Å². The molecule has 0 spiro atoms. The molecule has 1 aliphatic heterocycles. The molecule has 0 fully saturated rings. The number of fused-ring (bicyclic) bond motifs is 1. The van der Waals surface area contributed by atoms with Crippen molar-refractivity contribution in [1.29, 1.82) is 0 Å². The molecular formula is C18H15ClO6. The number of Topliss-reactive ketones (excluding diaryl/α,β-unsaturated/α-hetero) is 1. The quantitative estimate of drug-likeness (QED) is 0.601. The minimum absolute atomic E-state index is 0.202. The number of esters is 1. The van der Waals surface area contributed by atoms with Crippen molar-refractivity contribution >= 4 is 23.4 Å². The fourth-order valence-electron chi connectivity index (χ4n) is 2.37. The third kappa shape index (κ3) is 3.69. The lowest BCUT2D eigenvalue weighted by molar-refractivity contribution is 0.0473. The highest BCUT2D eigenvalue weighted by atomic mass is 35.5. The van der Waals surface area contributed by atoms with Crippen LogP contribution in [0.15, 0.2) is 36.4 Å². The maximum absolute atomic E-state index is 12.3. The standard InChI is InChI=1S/C18H15ClO6/c1-22-15-8-11(9-16-17(15)24-7-6-23-16)18(21)25-10-14(20)12-4-2-3-5-13(12)19/h2-5,8-9H,6-7,10H2,1H3. The number of ether oxygens (including phenoxy) is 4. The second kappa shape index (κ2) is 7.44. The second-order valence-corrected chi connectivity index (χ2v) is 5.59. The number of hydrogen-bond acceptors (Lipinski definition) is 6. The van der Waals surface area contributed by atoms with Crippen molar-refractivity contribution < 1.29 is 28.5 Å². The summed E-state index contributed by atoms with van der Waals surface area (Å²) >= 11 is 5.96. The predicted molar refractivity (Wildman–Crippen MR) is 90.0 cm³/mol. The lowest BCUT2D eigenvalue weighted by atomic mass is 10.1. The van der Waals surface area contributed by atoms with E-state index in [1.54, 1.807) is 24.3 Å². The maximum atomic E-state index is 12.3. The molecule has 25 heavy (non-hydrogen) atoms. The topological polar surface area (TPSA) is 71.1 Å². The molecule has 1 heterocycles. The molecule has 3 rings (SSSR count). The summed E-state index contributed by atoms with van der Waals surface area (Å²) in [5.74, 6) is 0.146. The molecule has 0 amide bonds. The van der Waals surface area contributed by atoms with Crippen molar-refractivity contribution in [2.45, 2.75) is 0 Å². The zero-order valence-electron chi connectivity index (χ0n) is 13.4. The van der Waals surface area contributed by atoms with Gasteiger partial charge in [-0.25, -0.2) is 4.79 Å². The Hall–Kier alpha value is -2.73. The molecule has 130 valence electrons. The first-order valence-electron chi connectivity index (χ1n) is 7.52. The Morgan fingerprint density at radius 2 is 1.92 bits per heavy atom. The van der Waals surface area contributed by atoms with Gasteiger partial charge in [0.25, 0.3) is 0 Å². The largest absolute Gasteiger partial charge is 0.493 e. The molecule has 2 aromatic rings. The molecule has 1 aliphatic rings. The van der Waals surface area contributed by atoms with Gasteiger partial charge >= 0.3 is 5.97 Å². The number of methoxy groups -OCH3 is 1. The van der Waals surface area contributed by atoms with Gasteiger partial charge < -0.3 is 18.9 Å². The average Bonchev–Trinajstić information content (AvgIpc) is 2.65. The molecule has 0 atom stereocenters. The average molecular weight is 363 g/mol. The first-order valence-corrected chi connectivity index (χ1v) is 7.90. The first-order chi connectivity index (χ1) is 12.1. The van der Waals surface area contributed by atoms with Gasteiger partial charge in [-0.3, -0.25) is 4.79 Å². The Bertz CT molecular complexity index is 800. The lowest BCUT2D eigenvalue weighted by Crippen LogP contribution is -2.18. The highest BCUT2D eigenvalue weighted by molar-refractivity contribution is 6.34. The van der Waals surface area contributed by atoms with Crippen molar-refractivity contribution in [3.05, 3.63) is 52.5 Å². The normalized spacial score (nSPS) is 12.4. The van der Waals surface area contributed by atoms with Gasteiger partial charge in [-0.1, -0.05) is 23.7 Å². The number of benzene rings is 2. The third-order valence-electron chi connectivity index (χ3n) is 3.57. The van der Waals surface area contributed by atoms with E-state index in [4.69, 9.17) is 30.5 Å². The molecule has 0 saturated carbocycles. The van der Waals surface area contributed by atoms with Crippen LogP contribution < -0.4 is 14.2 Å². The Morgan fingerprint density at radius 1 is 1.16 bits per heavy atom. The molecule has 6 nitrogen and oxygen atoms in total. The van der Waals surface area contributed by atoms with Crippen molar-refractivity contribution in [3.8, 4) is 17.2 Å². The maximum Gasteiger partial charge on any atom is 0.338 e. The molecule has 0 radical (unpaired) electrons. The van der Waals surface area contributed by atoms with Gasteiger partial charge in [0.2, 0.25) is 11.5 Å². The number of halogens is 1. The van der Waals surface area contributed by atoms with Crippen LogP contribution in [-0.2, 0) is 4.74 Å². The fraction of sp³-hybridized carbons (Fsp3) is 0.222. The molecule has 0 N–H and O–H groups in total. The summed E-state index contributed by atoms with van der Waals surface area (Å²) in [6.07, 6.45) is 0. The Labute approximate surface area is 149 Å². The van der Waals surface area contributed by atoms with E-state index in [-0.39, 0.29) is 11.3 Å². The van der Waals surface area contributed by atoms with E-state index in [0.717, 1.165) is 0 Å². The van der Waals surface area contributed by atoms with Crippen molar-refractivity contribution in [3.63, 3.8) is 0 Å². The summed E-state index contributed by atoms with van der Waals surface area (Å²) in [6.45, 7) is 0.360. The summed E-state index contributed by atoms with van der Waals surface area (Å²) in [7, 11) is 1.46. The molecule has 0 saturated heterocycles. The van der Waals surface area contributed by atoms with Gasteiger partial charge in [-0.05, 0) is 24.3 Å². The second-order valence-electron chi connectivity index (χ2n) is 5.18. The van der Waals surface area contributed by atoms with Gasteiger partial charge in [0.15, 0.2) is 18.1 Å². The van der Waals surface area contributed by atoms with E-state index in [0.29, 0.717) is 41.0 Å². The molecule has 0 unspecified atom stereocenters. The number of ketones is 1. The molecule has 0 aliphatic carbocycles. The smallest absolute Gasteiger partial charge is 0.338 e. The third-order valence-corrected chi connectivity index (χ3v) is 3.90. The Kier molecular flexibility index (Phi) is 5.09. The van der Waals surface area contributed by atoms with Gasteiger partial charge in [-0.2, -0.15) is 0 Å². The van der Waals surface area contributed by atoms with Gasteiger partial charge in [0.1, 0.15) is 13.2 Å². The van der Waals surface area contributed by atoms with E-state index in [1.807, 2.05) is 0 Å². The highest BCUT2D eigenvalue weighted by Crippen LogP contribution is 2.40. The van der Waals surface area contributed by atoms with Crippen LogP contribution >= 0.6 is 11.6 Å². The summed E-state index contributed by atoms with van der Waals surface area (Å²) in [5.41, 5.74) is 0.504. The molecule has 0 aromatic heterocycles. The highest BCUT2D eigenvalue weighted by Gasteiger charge is 2.22.